The van der Waals surface area contributed by atoms with Crippen molar-refractivity contribution in [2.75, 3.05) is 13.1 Å². The van der Waals surface area contributed by atoms with E-state index in [0.29, 0.717) is 24.4 Å². The number of amides is 2. The summed E-state index contributed by atoms with van der Waals surface area (Å²) in [6, 6.07) is 18.1. The Bertz CT molecular complexity index is 1290. The van der Waals surface area contributed by atoms with Gasteiger partial charge in [-0.25, -0.2) is 0 Å². The second kappa shape index (κ2) is 9.12. The van der Waals surface area contributed by atoms with Crippen LogP contribution in [0.1, 0.15) is 40.7 Å². The molecule has 1 saturated heterocycles. The molecule has 4 heterocycles. The lowest BCUT2D eigenvalue weighted by molar-refractivity contribution is -0.128. The van der Waals surface area contributed by atoms with Crippen LogP contribution in [0.15, 0.2) is 83.2 Å². The van der Waals surface area contributed by atoms with E-state index in [1.807, 2.05) is 34.9 Å². The van der Waals surface area contributed by atoms with E-state index < -0.39 is 0 Å². The van der Waals surface area contributed by atoms with Crippen LogP contribution < -0.4 is 5.32 Å². The van der Waals surface area contributed by atoms with Gasteiger partial charge in [-0.05, 0) is 49.2 Å². The number of pyridine rings is 1. The molecule has 1 N–H and O–H groups in total. The number of benzene rings is 1. The third-order valence-electron chi connectivity index (χ3n) is 5.83. The average Bonchev–Trinajstić information content (AvgIpc) is 3.54. The number of carbonyl (C=O) groups is 2. The maximum atomic E-state index is 13.4. The first-order chi connectivity index (χ1) is 16.2. The van der Waals surface area contributed by atoms with Gasteiger partial charge in [0, 0.05) is 36.8 Å². The molecule has 1 aliphatic heterocycles. The second-order valence-corrected chi connectivity index (χ2v) is 7.95. The highest BCUT2D eigenvalue weighted by atomic mass is 16.3. The third-order valence-corrected chi connectivity index (χ3v) is 5.83. The van der Waals surface area contributed by atoms with Crippen molar-refractivity contribution in [1.29, 1.82) is 0 Å². The maximum Gasteiger partial charge on any atom is 0.270 e. The Balaban J connectivity index is 1.32. The number of furan rings is 1. The predicted molar refractivity (Wildman–Crippen MR) is 122 cm³/mol. The number of aromatic nitrogens is 3. The minimum atomic E-state index is -0.341. The van der Waals surface area contributed by atoms with E-state index in [-0.39, 0.29) is 23.4 Å². The summed E-state index contributed by atoms with van der Waals surface area (Å²) in [5.74, 6) is 1.05. The van der Waals surface area contributed by atoms with Crippen molar-refractivity contribution in [3.8, 4) is 0 Å². The molecule has 0 aliphatic carbocycles. The quantitative estimate of drug-likeness (QED) is 0.479. The fourth-order valence-corrected chi connectivity index (χ4v) is 4.10. The molecule has 2 amide bonds. The Morgan fingerprint density at radius 3 is 2.52 bits per heavy atom. The lowest BCUT2D eigenvalue weighted by atomic mass is 9.95. The summed E-state index contributed by atoms with van der Waals surface area (Å²) in [6.45, 7) is 1.11. The summed E-state index contributed by atoms with van der Waals surface area (Å²) < 4.78 is 7.38. The topological polar surface area (TPSA) is 92.7 Å². The summed E-state index contributed by atoms with van der Waals surface area (Å²) in [4.78, 5) is 27.9. The van der Waals surface area contributed by atoms with E-state index in [4.69, 9.17) is 4.42 Å². The smallest absolute Gasteiger partial charge is 0.270 e. The van der Waals surface area contributed by atoms with Crippen LogP contribution in [0.5, 0.6) is 0 Å². The molecule has 0 bridgehead atoms. The SMILES string of the molecule is O=C(NC(=Cc1ccco1)C(=O)N1CCC(c2nnc3ccccn23)CC1)c1ccccc1. The van der Waals surface area contributed by atoms with E-state index in [2.05, 4.69) is 15.5 Å². The number of hydrogen-bond donors (Lipinski definition) is 1. The second-order valence-electron chi connectivity index (χ2n) is 7.95. The molecule has 0 saturated carbocycles. The van der Waals surface area contributed by atoms with E-state index >= 15 is 0 Å². The van der Waals surface area contributed by atoms with Crippen LogP contribution in [0.3, 0.4) is 0 Å². The van der Waals surface area contributed by atoms with Crippen molar-refractivity contribution in [2.45, 2.75) is 18.8 Å². The van der Waals surface area contributed by atoms with Crippen LogP contribution in [0.25, 0.3) is 11.7 Å². The van der Waals surface area contributed by atoms with Crippen molar-refractivity contribution < 1.29 is 14.0 Å². The summed E-state index contributed by atoms with van der Waals surface area (Å²) in [5, 5.41) is 11.4. The van der Waals surface area contributed by atoms with Crippen molar-refractivity contribution in [3.05, 3.63) is 96.0 Å². The molecule has 0 unspecified atom stereocenters. The van der Waals surface area contributed by atoms with Crippen molar-refractivity contribution in [1.82, 2.24) is 24.8 Å². The molecule has 3 aromatic heterocycles. The molecular formula is C25H23N5O3. The van der Waals surface area contributed by atoms with E-state index in [0.717, 1.165) is 24.3 Å². The molecule has 33 heavy (non-hydrogen) atoms. The first-order valence-electron chi connectivity index (χ1n) is 10.9. The number of rotatable bonds is 5. The number of carbonyl (C=O) groups excluding carboxylic acids is 2. The molecule has 4 aromatic rings. The van der Waals surface area contributed by atoms with Gasteiger partial charge >= 0.3 is 0 Å². The molecule has 1 aliphatic rings. The number of piperidine rings is 1. The molecule has 0 atom stereocenters. The van der Waals surface area contributed by atoms with Crippen LogP contribution in [-0.2, 0) is 4.79 Å². The van der Waals surface area contributed by atoms with Gasteiger partial charge in [0.1, 0.15) is 17.3 Å². The van der Waals surface area contributed by atoms with Crippen molar-refractivity contribution >= 4 is 23.5 Å². The number of nitrogens with one attached hydrogen (secondary N) is 1. The predicted octanol–water partition coefficient (Wildman–Crippen LogP) is 3.50. The van der Waals surface area contributed by atoms with Gasteiger partial charge < -0.3 is 14.6 Å². The molecule has 1 aromatic carbocycles. The van der Waals surface area contributed by atoms with Crippen LogP contribution in [0.2, 0.25) is 0 Å². The molecule has 8 heteroatoms. The maximum absolute atomic E-state index is 13.4. The molecule has 166 valence electrons. The molecular weight excluding hydrogens is 418 g/mol. The molecule has 5 rings (SSSR count). The Morgan fingerprint density at radius 1 is 0.970 bits per heavy atom. The zero-order valence-electron chi connectivity index (χ0n) is 17.9. The summed E-state index contributed by atoms with van der Waals surface area (Å²) in [5.41, 5.74) is 1.48. The number of nitrogens with zero attached hydrogens (tertiary/aromatic N) is 4. The zero-order valence-corrected chi connectivity index (χ0v) is 17.9. The molecule has 1 fully saturated rings. The minimum Gasteiger partial charge on any atom is -0.465 e. The van der Waals surface area contributed by atoms with Crippen molar-refractivity contribution in [2.24, 2.45) is 0 Å². The van der Waals surface area contributed by atoms with Gasteiger partial charge in [-0.3, -0.25) is 14.0 Å². The molecule has 0 radical (unpaired) electrons. The zero-order chi connectivity index (χ0) is 22.6. The summed E-state index contributed by atoms with van der Waals surface area (Å²) >= 11 is 0. The van der Waals surface area contributed by atoms with Gasteiger partial charge in [0.25, 0.3) is 11.8 Å². The van der Waals surface area contributed by atoms with Crippen LogP contribution >= 0.6 is 0 Å². The number of hydrogen-bond acceptors (Lipinski definition) is 5. The highest BCUT2D eigenvalue weighted by molar-refractivity contribution is 6.05. The van der Waals surface area contributed by atoms with Gasteiger partial charge in [-0.1, -0.05) is 24.3 Å². The monoisotopic (exact) mass is 441 g/mol. The Morgan fingerprint density at radius 2 is 1.76 bits per heavy atom. The van der Waals surface area contributed by atoms with E-state index in [9.17, 15) is 9.59 Å². The summed E-state index contributed by atoms with van der Waals surface area (Å²) in [6.07, 6.45) is 6.60. The van der Waals surface area contributed by atoms with Gasteiger partial charge in [0.15, 0.2) is 5.65 Å². The molecule has 0 spiro atoms. The highest BCUT2D eigenvalue weighted by Crippen LogP contribution is 2.28. The Labute approximate surface area is 190 Å². The van der Waals surface area contributed by atoms with E-state index in [1.165, 1.54) is 6.26 Å². The lowest BCUT2D eigenvalue weighted by Crippen LogP contribution is -2.42. The lowest BCUT2D eigenvalue weighted by Gasteiger charge is -2.31. The third kappa shape index (κ3) is 4.41. The summed E-state index contributed by atoms with van der Waals surface area (Å²) in [7, 11) is 0. The minimum absolute atomic E-state index is 0.185. The standard InChI is InChI=1S/C25H23N5O3/c31-24(19-7-2-1-3-8-19)26-21(17-20-9-6-16-33-20)25(32)29-14-11-18(12-15-29)23-28-27-22-10-4-5-13-30(22)23/h1-10,13,16-18H,11-12,14-15H2,(H,26,31). The number of fused-ring (bicyclic) bond motifs is 1. The van der Waals surface area contributed by atoms with Gasteiger partial charge in [-0.15, -0.1) is 10.2 Å². The van der Waals surface area contributed by atoms with Crippen LogP contribution in [0, 0.1) is 0 Å². The fraction of sp³-hybridized carbons (Fsp3) is 0.200. The normalized spacial score (nSPS) is 15.0. The van der Waals surface area contributed by atoms with E-state index in [1.54, 1.807) is 47.4 Å². The molecule has 8 nitrogen and oxygen atoms in total. The first kappa shape index (κ1) is 20.7. The van der Waals surface area contributed by atoms with Crippen molar-refractivity contribution in [3.63, 3.8) is 0 Å². The fourth-order valence-electron chi connectivity index (χ4n) is 4.10. The first-order valence-corrected chi connectivity index (χ1v) is 10.9. The Hall–Kier alpha value is -4.20. The van der Waals surface area contributed by atoms with Gasteiger partial charge in [0.05, 0.1) is 6.26 Å². The largest absolute Gasteiger partial charge is 0.465 e. The van der Waals surface area contributed by atoms with Crippen LogP contribution in [-0.4, -0.2) is 44.4 Å². The number of likely N-dealkylation sites (tertiary alicyclic amines) is 1. The van der Waals surface area contributed by atoms with Gasteiger partial charge in [0.2, 0.25) is 0 Å². The van der Waals surface area contributed by atoms with Gasteiger partial charge in [-0.2, -0.15) is 0 Å². The average molecular weight is 441 g/mol. The van der Waals surface area contributed by atoms with Crippen LogP contribution in [0.4, 0.5) is 0 Å². The Kier molecular flexibility index (Phi) is 5.72. The highest BCUT2D eigenvalue weighted by Gasteiger charge is 2.29.